The van der Waals surface area contributed by atoms with Gasteiger partial charge in [0.2, 0.25) is 0 Å². The van der Waals surface area contributed by atoms with Crippen LogP contribution in [-0.4, -0.2) is 41.7 Å². The summed E-state index contributed by atoms with van der Waals surface area (Å²) in [6.07, 6.45) is 2.24. The van der Waals surface area contributed by atoms with Crippen LogP contribution in [0.15, 0.2) is 54.6 Å². The van der Waals surface area contributed by atoms with Crippen LogP contribution in [0.1, 0.15) is 31.4 Å². The average molecular weight is 351 g/mol. The highest BCUT2D eigenvalue weighted by atomic mass is 16.3. The van der Waals surface area contributed by atoms with Gasteiger partial charge in [0, 0.05) is 31.7 Å². The van der Waals surface area contributed by atoms with Gasteiger partial charge < -0.3 is 10.4 Å². The second-order valence-electron chi connectivity index (χ2n) is 8.48. The summed E-state index contributed by atoms with van der Waals surface area (Å²) in [5.74, 6) is 0.944. The molecule has 2 aliphatic heterocycles. The van der Waals surface area contributed by atoms with Crippen molar-refractivity contribution in [2.45, 2.75) is 44.2 Å². The van der Waals surface area contributed by atoms with Crippen molar-refractivity contribution in [1.29, 1.82) is 0 Å². The fourth-order valence-corrected chi connectivity index (χ4v) is 4.90. The summed E-state index contributed by atoms with van der Waals surface area (Å²) in [5.41, 5.74) is 2.81. The van der Waals surface area contributed by atoms with E-state index in [2.05, 4.69) is 60.5 Å². The van der Waals surface area contributed by atoms with E-state index in [1.54, 1.807) is 6.07 Å². The molecule has 0 aliphatic carbocycles. The number of fused-ring (bicyclic) bond motifs is 1. The van der Waals surface area contributed by atoms with Gasteiger partial charge in [0.15, 0.2) is 0 Å². The molecule has 138 valence electrons. The highest BCUT2D eigenvalue weighted by molar-refractivity contribution is 5.34. The number of phenolic OH excluding ortho intramolecular Hbond substituents is 1. The molecule has 0 amide bonds. The van der Waals surface area contributed by atoms with E-state index >= 15 is 0 Å². The number of piperidine rings is 1. The zero-order valence-electron chi connectivity index (χ0n) is 15.9. The number of rotatable bonds is 3. The van der Waals surface area contributed by atoms with Crippen molar-refractivity contribution < 1.29 is 5.11 Å². The van der Waals surface area contributed by atoms with Crippen LogP contribution in [0, 0.1) is 5.92 Å². The lowest BCUT2D eigenvalue weighted by molar-refractivity contribution is 0.0245. The molecule has 2 fully saturated rings. The number of hydrogen-bond acceptors (Lipinski definition) is 3. The summed E-state index contributed by atoms with van der Waals surface area (Å²) < 4.78 is 0. The minimum Gasteiger partial charge on any atom is -0.508 e. The van der Waals surface area contributed by atoms with E-state index in [1.165, 1.54) is 11.1 Å². The van der Waals surface area contributed by atoms with Crippen LogP contribution in [-0.2, 0) is 11.8 Å². The normalized spacial score (nSPS) is 32.2. The fraction of sp³-hybridized carbons (Fsp3) is 0.478. The Hall–Kier alpha value is -1.84. The molecule has 26 heavy (non-hydrogen) atoms. The van der Waals surface area contributed by atoms with E-state index in [4.69, 9.17) is 0 Å². The third kappa shape index (κ3) is 3.38. The van der Waals surface area contributed by atoms with E-state index in [0.717, 1.165) is 32.5 Å². The molecule has 2 N–H and O–H groups in total. The Morgan fingerprint density at radius 3 is 2.69 bits per heavy atom. The van der Waals surface area contributed by atoms with Crippen molar-refractivity contribution in [3.8, 4) is 5.75 Å². The molecular formula is C23H30N2O. The molecule has 4 atom stereocenters. The van der Waals surface area contributed by atoms with E-state index in [0.29, 0.717) is 23.8 Å². The summed E-state index contributed by atoms with van der Waals surface area (Å²) >= 11 is 0. The molecule has 2 aliphatic rings. The van der Waals surface area contributed by atoms with Crippen molar-refractivity contribution in [3.05, 3.63) is 65.7 Å². The molecular weight excluding hydrogens is 320 g/mol. The zero-order valence-corrected chi connectivity index (χ0v) is 15.9. The first-order valence-corrected chi connectivity index (χ1v) is 9.85. The minimum atomic E-state index is 0.119. The minimum absolute atomic E-state index is 0.119. The molecule has 3 nitrogen and oxygen atoms in total. The molecule has 0 radical (unpaired) electrons. The summed E-state index contributed by atoms with van der Waals surface area (Å²) in [5, 5.41) is 13.7. The van der Waals surface area contributed by atoms with E-state index in [9.17, 15) is 5.11 Å². The molecule has 2 heterocycles. The van der Waals surface area contributed by atoms with Crippen molar-refractivity contribution in [1.82, 2.24) is 10.2 Å². The van der Waals surface area contributed by atoms with Gasteiger partial charge in [-0.25, -0.2) is 0 Å². The first-order chi connectivity index (χ1) is 12.5. The number of hydrogen-bond donors (Lipinski definition) is 2. The van der Waals surface area contributed by atoms with Gasteiger partial charge in [-0.05, 0) is 47.4 Å². The quantitative estimate of drug-likeness (QED) is 0.888. The van der Waals surface area contributed by atoms with E-state index in [-0.39, 0.29) is 5.41 Å². The van der Waals surface area contributed by atoms with Gasteiger partial charge in [-0.15, -0.1) is 0 Å². The lowest BCUT2D eigenvalue weighted by atomic mass is 9.65. The van der Waals surface area contributed by atoms with Gasteiger partial charge in [0.25, 0.3) is 0 Å². The Kier molecular flexibility index (Phi) is 4.76. The molecule has 4 rings (SSSR count). The third-order valence-corrected chi connectivity index (χ3v) is 6.70. The monoisotopic (exact) mass is 350 g/mol. The Bertz CT molecular complexity index is 747. The predicted octanol–water partition coefficient (Wildman–Crippen LogP) is 3.57. The number of piperazine rings is 1. The smallest absolute Gasteiger partial charge is 0.115 e. The number of nitrogens with zero attached hydrogens (tertiary/aromatic N) is 1. The molecule has 0 spiro atoms. The molecule has 0 saturated carbocycles. The molecule has 2 aromatic rings. The van der Waals surface area contributed by atoms with Crippen LogP contribution in [0.5, 0.6) is 5.75 Å². The maximum Gasteiger partial charge on any atom is 0.115 e. The second-order valence-corrected chi connectivity index (χ2v) is 8.48. The largest absolute Gasteiger partial charge is 0.508 e. The SMILES string of the molecule is C[C@H]1CN2CC(Cc3ccccc3)NC[C@H]2C[C@@]1(C)c1cccc(O)c1. The van der Waals surface area contributed by atoms with Crippen molar-refractivity contribution >= 4 is 0 Å². The summed E-state index contributed by atoms with van der Waals surface area (Å²) in [6, 6.07) is 19.8. The van der Waals surface area contributed by atoms with Gasteiger partial charge in [-0.1, -0.05) is 56.3 Å². The maximum absolute atomic E-state index is 9.93. The maximum atomic E-state index is 9.93. The van der Waals surface area contributed by atoms with Gasteiger partial charge in [-0.2, -0.15) is 0 Å². The lowest BCUT2D eigenvalue weighted by Gasteiger charge is -2.53. The summed E-state index contributed by atoms with van der Waals surface area (Å²) in [6.45, 7) is 8.05. The van der Waals surface area contributed by atoms with Crippen LogP contribution in [0.2, 0.25) is 0 Å². The predicted molar refractivity (Wildman–Crippen MR) is 107 cm³/mol. The molecule has 0 aromatic heterocycles. The van der Waals surface area contributed by atoms with Crippen molar-refractivity contribution in [3.63, 3.8) is 0 Å². The van der Waals surface area contributed by atoms with Gasteiger partial charge >= 0.3 is 0 Å². The van der Waals surface area contributed by atoms with Crippen LogP contribution in [0.25, 0.3) is 0 Å². The van der Waals surface area contributed by atoms with Gasteiger partial charge in [0.05, 0.1) is 0 Å². The number of benzene rings is 2. The first-order valence-electron chi connectivity index (χ1n) is 9.85. The number of aromatic hydroxyl groups is 1. The topological polar surface area (TPSA) is 35.5 Å². The number of phenols is 1. The van der Waals surface area contributed by atoms with Crippen LogP contribution in [0.3, 0.4) is 0 Å². The van der Waals surface area contributed by atoms with Crippen LogP contribution in [0.4, 0.5) is 0 Å². The standard InChI is InChI=1S/C23H30N2O/c1-17-15-25-16-20(11-18-7-4-3-5-8-18)24-14-21(25)13-23(17,2)19-9-6-10-22(26)12-19/h3-10,12,17,20-21,24,26H,11,13-16H2,1-2H3/t17-,20?,21+,23+/m0/s1. The van der Waals surface area contributed by atoms with Crippen molar-refractivity contribution in [2.75, 3.05) is 19.6 Å². The fourth-order valence-electron chi connectivity index (χ4n) is 4.90. The summed E-state index contributed by atoms with van der Waals surface area (Å²) in [4.78, 5) is 2.69. The first kappa shape index (κ1) is 17.6. The highest BCUT2D eigenvalue weighted by Crippen LogP contribution is 2.43. The van der Waals surface area contributed by atoms with Crippen LogP contribution >= 0.6 is 0 Å². The summed E-state index contributed by atoms with van der Waals surface area (Å²) in [7, 11) is 0. The molecule has 2 saturated heterocycles. The third-order valence-electron chi connectivity index (χ3n) is 6.70. The average Bonchev–Trinajstić information content (AvgIpc) is 2.64. The Morgan fingerprint density at radius 1 is 1.12 bits per heavy atom. The van der Waals surface area contributed by atoms with Gasteiger partial charge in [-0.3, -0.25) is 4.90 Å². The Labute approximate surface area is 157 Å². The lowest BCUT2D eigenvalue weighted by Crippen LogP contribution is -2.63. The van der Waals surface area contributed by atoms with Crippen molar-refractivity contribution in [2.24, 2.45) is 5.92 Å². The Morgan fingerprint density at radius 2 is 1.92 bits per heavy atom. The second kappa shape index (κ2) is 7.05. The highest BCUT2D eigenvalue weighted by Gasteiger charge is 2.44. The van der Waals surface area contributed by atoms with Crippen LogP contribution < -0.4 is 5.32 Å². The Balaban J connectivity index is 1.46. The molecule has 0 bridgehead atoms. The zero-order chi connectivity index (χ0) is 18.1. The molecule has 1 unspecified atom stereocenters. The van der Waals surface area contributed by atoms with Gasteiger partial charge in [0.1, 0.15) is 5.75 Å². The van der Waals surface area contributed by atoms with E-state index < -0.39 is 0 Å². The molecule has 3 heteroatoms. The van der Waals surface area contributed by atoms with E-state index in [1.807, 2.05) is 12.1 Å². The molecule has 2 aromatic carbocycles. The number of nitrogens with one attached hydrogen (secondary N) is 1.